The molecular weight excluding hydrogens is 334 g/mol. The molecule has 0 fully saturated rings. The first-order chi connectivity index (χ1) is 7.69. The fourth-order valence-corrected chi connectivity index (χ4v) is 3.00. The first kappa shape index (κ1) is 13.7. The Morgan fingerprint density at radius 2 is 1.81 bits per heavy atom. The minimum atomic E-state index is -0.0221. The predicted molar refractivity (Wildman–Crippen MR) is 74.1 cm³/mol. The fraction of sp³-hybridized carbons (Fsp3) is 0.417. The molecule has 0 bridgehead atoms. The Morgan fingerprint density at radius 3 is 2.31 bits per heavy atom. The molecule has 0 spiro atoms. The largest absolute Gasteiger partial charge is 0.349 e. The lowest BCUT2D eigenvalue weighted by Gasteiger charge is -2.17. The Bertz CT molecular complexity index is 325. The first-order valence-electron chi connectivity index (χ1n) is 5.16. The van der Waals surface area contributed by atoms with Gasteiger partial charge in [-0.1, -0.05) is 62.2 Å². The molecule has 0 saturated heterocycles. The molecule has 1 unspecified atom stereocenters. The van der Waals surface area contributed by atoms with Gasteiger partial charge in [0.2, 0.25) is 5.91 Å². The van der Waals surface area contributed by atoms with E-state index in [2.05, 4.69) is 37.2 Å². The zero-order valence-electron chi connectivity index (χ0n) is 9.12. The molecule has 88 valence electrons. The first-order valence-corrected chi connectivity index (χ1v) is 7.40. The van der Waals surface area contributed by atoms with Gasteiger partial charge in [0.25, 0.3) is 0 Å². The Kier molecular flexibility index (Phi) is 6.06. The van der Waals surface area contributed by atoms with Crippen molar-refractivity contribution in [1.82, 2.24) is 5.32 Å². The Balaban J connectivity index is 2.58. The number of nitrogens with one attached hydrogen (secondary N) is 1. The number of carbonyl (C=O) groups is 1. The number of rotatable bonds is 5. The third-order valence-corrected chi connectivity index (χ3v) is 3.96. The highest BCUT2D eigenvalue weighted by Crippen LogP contribution is 2.13. The molecule has 1 aromatic carbocycles. The summed E-state index contributed by atoms with van der Waals surface area (Å²) in [5.74, 6) is 0.0521. The van der Waals surface area contributed by atoms with Crippen molar-refractivity contribution >= 4 is 37.8 Å². The van der Waals surface area contributed by atoms with Gasteiger partial charge < -0.3 is 5.32 Å². The normalized spacial score (nSPS) is 12.5. The molecule has 0 aliphatic heterocycles. The summed E-state index contributed by atoms with van der Waals surface area (Å²) in [5, 5.41) is 4.34. The zero-order chi connectivity index (χ0) is 12.0. The highest BCUT2D eigenvalue weighted by molar-refractivity contribution is 9.09. The standard InChI is InChI=1S/C12H15Br2NO/c1-9(10-5-3-2-4-6-10)15-12(16)11(7-13)8-14/h2-6,9,11H,7-8H2,1H3,(H,15,16). The van der Waals surface area contributed by atoms with Crippen LogP contribution >= 0.6 is 31.9 Å². The number of carbonyl (C=O) groups excluding carboxylic acids is 1. The molecule has 0 radical (unpaired) electrons. The van der Waals surface area contributed by atoms with Gasteiger partial charge in [-0.25, -0.2) is 0 Å². The molecule has 4 heteroatoms. The van der Waals surface area contributed by atoms with E-state index in [0.29, 0.717) is 10.7 Å². The minimum Gasteiger partial charge on any atom is -0.349 e. The summed E-state index contributed by atoms with van der Waals surface area (Å²) in [4.78, 5) is 11.8. The van der Waals surface area contributed by atoms with E-state index in [-0.39, 0.29) is 17.9 Å². The molecule has 0 aliphatic carbocycles. The van der Waals surface area contributed by atoms with Gasteiger partial charge in [0, 0.05) is 10.7 Å². The molecule has 1 rings (SSSR count). The van der Waals surface area contributed by atoms with Crippen molar-refractivity contribution < 1.29 is 4.79 Å². The summed E-state index contributed by atoms with van der Waals surface area (Å²) < 4.78 is 0. The third kappa shape index (κ3) is 3.91. The summed E-state index contributed by atoms with van der Waals surface area (Å²) in [6.07, 6.45) is 0. The molecule has 2 nitrogen and oxygen atoms in total. The second-order valence-corrected chi connectivity index (χ2v) is 4.94. The summed E-state index contributed by atoms with van der Waals surface area (Å²) in [5.41, 5.74) is 1.12. The van der Waals surface area contributed by atoms with Crippen molar-refractivity contribution in [3.8, 4) is 0 Å². The van der Waals surface area contributed by atoms with Gasteiger partial charge in [0.15, 0.2) is 0 Å². The number of benzene rings is 1. The average molecular weight is 349 g/mol. The molecule has 1 amide bonds. The lowest BCUT2D eigenvalue weighted by molar-refractivity contribution is -0.124. The molecule has 16 heavy (non-hydrogen) atoms. The van der Waals surface area contributed by atoms with Crippen LogP contribution in [0.4, 0.5) is 0 Å². The summed E-state index contributed by atoms with van der Waals surface area (Å²) in [7, 11) is 0. The van der Waals surface area contributed by atoms with E-state index < -0.39 is 0 Å². The van der Waals surface area contributed by atoms with Gasteiger partial charge in [-0.15, -0.1) is 0 Å². The monoisotopic (exact) mass is 347 g/mol. The Labute approximate surface area is 113 Å². The van der Waals surface area contributed by atoms with E-state index in [1.54, 1.807) is 0 Å². The van der Waals surface area contributed by atoms with Gasteiger partial charge in [-0.2, -0.15) is 0 Å². The number of hydrogen-bond donors (Lipinski definition) is 1. The fourth-order valence-electron chi connectivity index (χ4n) is 1.34. The van der Waals surface area contributed by atoms with Gasteiger partial charge in [0.1, 0.15) is 0 Å². The molecule has 0 aliphatic rings. The molecule has 1 N–H and O–H groups in total. The molecular formula is C12H15Br2NO. The van der Waals surface area contributed by atoms with Crippen molar-refractivity contribution in [2.24, 2.45) is 5.92 Å². The van der Waals surface area contributed by atoms with Crippen molar-refractivity contribution in [3.63, 3.8) is 0 Å². The summed E-state index contributed by atoms with van der Waals surface area (Å²) in [6.45, 7) is 1.99. The minimum absolute atomic E-state index is 0.0221. The van der Waals surface area contributed by atoms with Gasteiger partial charge in [-0.05, 0) is 12.5 Å². The topological polar surface area (TPSA) is 29.1 Å². The molecule has 1 aromatic rings. The van der Waals surface area contributed by atoms with Crippen LogP contribution in [0.5, 0.6) is 0 Å². The molecule has 0 saturated carbocycles. The zero-order valence-corrected chi connectivity index (χ0v) is 12.3. The van der Waals surface area contributed by atoms with Crippen LogP contribution in [0.2, 0.25) is 0 Å². The molecule has 1 atom stereocenters. The van der Waals surface area contributed by atoms with Crippen molar-refractivity contribution in [1.29, 1.82) is 0 Å². The SMILES string of the molecule is CC(NC(=O)C(CBr)CBr)c1ccccc1. The van der Waals surface area contributed by atoms with E-state index in [4.69, 9.17) is 0 Å². The number of amides is 1. The lowest BCUT2D eigenvalue weighted by atomic mass is 10.1. The van der Waals surface area contributed by atoms with Gasteiger partial charge in [0.05, 0.1) is 12.0 Å². The quantitative estimate of drug-likeness (QED) is 0.813. The van der Waals surface area contributed by atoms with E-state index in [1.807, 2.05) is 37.3 Å². The lowest BCUT2D eigenvalue weighted by Crippen LogP contribution is -2.34. The van der Waals surface area contributed by atoms with Crippen LogP contribution in [0, 0.1) is 5.92 Å². The van der Waals surface area contributed by atoms with Crippen LogP contribution < -0.4 is 5.32 Å². The van der Waals surface area contributed by atoms with Crippen molar-refractivity contribution in [2.75, 3.05) is 10.7 Å². The number of hydrogen-bond acceptors (Lipinski definition) is 1. The number of alkyl halides is 2. The van der Waals surface area contributed by atoms with Crippen LogP contribution in [0.15, 0.2) is 30.3 Å². The highest BCUT2D eigenvalue weighted by atomic mass is 79.9. The Morgan fingerprint density at radius 1 is 1.25 bits per heavy atom. The van der Waals surface area contributed by atoms with Crippen LogP contribution in [0.1, 0.15) is 18.5 Å². The second kappa shape index (κ2) is 7.07. The van der Waals surface area contributed by atoms with E-state index >= 15 is 0 Å². The van der Waals surface area contributed by atoms with Crippen molar-refractivity contribution in [3.05, 3.63) is 35.9 Å². The second-order valence-electron chi connectivity index (χ2n) is 3.65. The summed E-state index contributed by atoms with van der Waals surface area (Å²) >= 11 is 6.66. The van der Waals surface area contributed by atoms with Crippen LogP contribution in [0.25, 0.3) is 0 Å². The summed E-state index contributed by atoms with van der Waals surface area (Å²) in [6, 6.07) is 10.0. The number of halogens is 2. The highest BCUT2D eigenvalue weighted by Gasteiger charge is 2.17. The Hall–Kier alpha value is -0.350. The van der Waals surface area contributed by atoms with Crippen LogP contribution in [-0.2, 0) is 4.79 Å². The van der Waals surface area contributed by atoms with Gasteiger partial charge >= 0.3 is 0 Å². The predicted octanol–water partition coefficient (Wildman–Crippen LogP) is 3.27. The maximum absolute atomic E-state index is 11.8. The van der Waals surface area contributed by atoms with Crippen LogP contribution in [-0.4, -0.2) is 16.6 Å². The average Bonchev–Trinajstić information content (AvgIpc) is 2.31. The van der Waals surface area contributed by atoms with Crippen molar-refractivity contribution in [2.45, 2.75) is 13.0 Å². The van der Waals surface area contributed by atoms with E-state index in [9.17, 15) is 4.79 Å². The van der Waals surface area contributed by atoms with Crippen LogP contribution in [0.3, 0.4) is 0 Å². The molecule has 0 heterocycles. The smallest absolute Gasteiger partial charge is 0.225 e. The molecule has 0 aromatic heterocycles. The maximum atomic E-state index is 11.8. The van der Waals surface area contributed by atoms with E-state index in [1.165, 1.54) is 0 Å². The third-order valence-electron chi connectivity index (χ3n) is 2.40. The maximum Gasteiger partial charge on any atom is 0.225 e. The van der Waals surface area contributed by atoms with Gasteiger partial charge in [-0.3, -0.25) is 4.79 Å². The van der Waals surface area contributed by atoms with E-state index in [0.717, 1.165) is 5.56 Å².